The summed E-state index contributed by atoms with van der Waals surface area (Å²) in [5, 5.41) is 6.96. The SMILES string of the molecule is C=CC(=O)NC1COCC1Nc1ncc2cc(-c3c(Cl)c(OC)cc(OC)c3Cl)c(=O)n(CCN3CCN(C(=O)C#CC)CC3)c2n1. The molecule has 0 spiro atoms. The zero-order valence-corrected chi connectivity index (χ0v) is 27.8. The number of benzene rings is 1. The molecule has 2 atom stereocenters. The van der Waals surface area contributed by atoms with Gasteiger partial charge in [0.1, 0.15) is 17.1 Å². The number of hydrogen-bond acceptors (Lipinski definition) is 10. The summed E-state index contributed by atoms with van der Waals surface area (Å²) >= 11 is 13.5. The summed E-state index contributed by atoms with van der Waals surface area (Å²) in [4.78, 5) is 51.7. The van der Waals surface area contributed by atoms with Gasteiger partial charge in [-0.3, -0.25) is 23.9 Å². The Morgan fingerprint density at radius 1 is 1.09 bits per heavy atom. The van der Waals surface area contributed by atoms with Crippen LogP contribution in [0.15, 0.2) is 35.8 Å². The molecule has 5 rings (SSSR count). The summed E-state index contributed by atoms with van der Waals surface area (Å²) < 4.78 is 18.0. The Bertz CT molecular complexity index is 1790. The third-order valence-electron chi connectivity index (χ3n) is 8.11. The number of ether oxygens (including phenoxy) is 3. The van der Waals surface area contributed by atoms with Gasteiger partial charge in [-0.15, -0.1) is 0 Å². The Kier molecular flexibility index (Phi) is 10.9. The molecule has 0 bridgehead atoms. The molecular weight excluding hydrogens is 649 g/mol. The zero-order valence-electron chi connectivity index (χ0n) is 26.3. The molecule has 248 valence electrons. The molecule has 0 saturated carbocycles. The topological polar surface area (TPSA) is 140 Å². The molecule has 2 aliphatic rings. The lowest BCUT2D eigenvalue weighted by Gasteiger charge is -2.33. The van der Waals surface area contributed by atoms with Gasteiger partial charge >= 0.3 is 0 Å². The molecule has 2 saturated heterocycles. The molecule has 3 aromatic rings. The number of pyridine rings is 1. The maximum Gasteiger partial charge on any atom is 0.298 e. The van der Waals surface area contributed by atoms with E-state index in [1.807, 2.05) is 0 Å². The number of anilines is 1. The van der Waals surface area contributed by atoms with E-state index in [0.29, 0.717) is 68.5 Å². The summed E-state index contributed by atoms with van der Waals surface area (Å²) in [6, 6.07) is 2.57. The second-order valence-electron chi connectivity index (χ2n) is 10.9. The van der Waals surface area contributed by atoms with Crippen LogP contribution in [0.3, 0.4) is 0 Å². The lowest BCUT2D eigenvalue weighted by molar-refractivity contribution is -0.126. The molecule has 0 aliphatic carbocycles. The number of halogens is 2. The number of rotatable bonds is 10. The molecule has 4 heterocycles. The summed E-state index contributed by atoms with van der Waals surface area (Å²) in [7, 11) is 2.93. The molecule has 0 radical (unpaired) electrons. The average Bonchev–Trinajstić information content (AvgIpc) is 3.51. The fraction of sp³-hybridized carbons (Fsp3) is 0.406. The third-order valence-corrected chi connectivity index (χ3v) is 8.86. The first-order valence-corrected chi connectivity index (χ1v) is 15.7. The summed E-state index contributed by atoms with van der Waals surface area (Å²) in [5.74, 6) is 5.58. The number of piperazine rings is 1. The average molecular weight is 685 g/mol. The number of nitrogens with zero attached hydrogens (tertiary/aromatic N) is 5. The monoisotopic (exact) mass is 683 g/mol. The number of amides is 2. The van der Waals surface area contributed by atoms with Gasteiger partial charge in [-0.05, 0) is 25.0 Å². The quantitative estimate of drug-likeness (QED) is 0.242. The molecule has 47 heavy (non-hydrogen) atoms. The van der Waals surface area contributed by atoms with Gasteiger partial charge in [0.25, 0.3) is 11.5 Å². The van der Waals surface area contributed by atoms with E-state index < -0.39 is 0 Å². The van der Waals surface area contributed by atoms with E-state index in [1.54, 1.807) is 34.7 Å². The van der Waals surface area contributed by atoms with Crippen LogP contribution < -0.4 is 25.7 Å². The van der Waals surface area contributed by atoms with Crippen molar-refractivity contribution < 1.29 is 23.8 Å². The van der Waals surface area contributed by atoms with Gasteiger partial charge in [-0.2, -0.15) is 4.98 Å². The lowest BCUT2D eigenvalue weighted by atomic mass is 10.0. The second-order valence-corrected chi connectivity index (χ2v) is 11.6. The van der Waals surface area contributed by atoms with Crippen LogP contribution in [0, 0.1) is 11.8 Å². The van der Waals surface area contributed by atoms with E-state index in [1.165, 1.54) is 20.3 Å². The van der Waals surface area contributed by atoms with Gasteiger partial charge < -0.3 is 29.7 Å². The van der Waals surface area contributed by atoms with Crippen molar-refractivity contribution in [3.8, 4) is 34.5 Å². The Labute approximate surface area is 281 Å². The van der Waals surface area contributed by atoms with Gasteiger partial charge in [0.2, 0.25) is 11.9 Å². The van der Waals surface area contributed by atoms with Crippen molar-refractivity contribution >= 4 is 52.0 Å². The van der Waals surface area contributed by atoms with Crippen molar-refractivity contribution in [3.63, 3.8) is 0 Å². The standard InChI is InChI=1S/C32H35Cl2N7O6/c1-5-7-26(43)40-11-8-39(9-12-40)10-13-41-30-19(16-35-32(38-30)37-22-18-47-17-21(22)36-25(42)6-2)14-20(31(41)44)27-28(33)23(45-3)15-24(46-4)29(27)34/h6,14-16,21-22H,2,8-13,17-18H2,1,3-4H3,(H,36,42)(H,35,37,38). The zero-order chi connectivity index (χ0) is 33.7. The Hall–Kier alpha value is -4.35. The van der Waals surface area contributed by atoms with E-state index in [4.69, 9.17) is 42.4 Å². The largest absolute Gasteiger partial charge is 0.495 e. The van der Waals surface area contributed by atoms with Crippen LogP contribution in [0.2, 0.25) is 10.0 Å². The number of carbonyl (C=O) groups excluding carboxylic acids is 2. The van der Waals surface area contributed by atoms with E-state index in [2.05, 4.69) is 38.9 Å². The van der Waals surface area contributed by atoms with Crippen LogP contribution in [-0.4, -0.2) is 108 Å². The van der Waals surface area contributed by atoms with Crippen LogP contribution >= 0.6 is 23.2 Å². The highest BCUT2D eigenvalue weighted by Gasteiger charge is 2.30. The number of methoxy groups -OCH3 is 2. The molecule has 2 amide bonds. The Morgan fingerprint density at radius 3 is 2.40 bits per heavy atom. The maximum atomic E-state index is 14.4. The fourth-order valence-electron chi connectivity index (χ4n) is 5.59. The molecule has 2 aliphatic heterocycles. The Morgan fingerprint density at radius 2 is 1.77 bits per heavy atom. The highest BCUT2D eigenvalue weighted by atomic mass is 35.5. The molecule has 15 heteroatoms. The van der Waals surface area contributed by atoms with Gasteiger partial charge in [-0.1, -0.05) is 35.7 Å². The number of carbonyl (C=O) groups is 2. The van der Waals surface area contributed by atoms with Crippen LogP contribution in [0.25, 0.3) is 22.2 Å². The number of fused-ring (bicyclic) bond motifs is 1. The molecule has 2 fully saturated rings. The van der Waals surface area contributed by atoms with E-state index >= 15 is 0 Å². The number of nitrogens with one attached hydrogen (secondary N) is 2. The van der Waals surface area contributed by atoms with Gasteiger partial charge in [-0.25, -0.2) is 4.98 Å². The molecule has 2 N–H and O–H groups in total. The van der Waals surface area contributed by atoms with Crippen LogP contribution in [0.5, 0.6) is 11.5 Å². The van der Waals surface area contributed by atoms with Crippen LogP contribution in [0.4, 0.5) is 5.95 Å². The maximum absolute atomic E-state index is 14.4. The van der Waals surface area contributed by atoms with Gasteiger partial charge in [0.05, 0.1) is 55.1 Å². The second kappa shape index (κ2) is 15.0. The summed E-state index contributed by atoms with van der Waals surface area (Å²) in [5.41, 5.74) is 0.490. The van der Waals surface area contributed by atoms with Gasteiger partial charge in [0, 0.05) is 62.5 Å². The van der Waals surface area contributed by atoms with Gasteiger partial charge in [0.15, 0.2) is 0 Å². The summed E-state index contributed by atoms with van der Waals surface area (Å²) in [6.07, 6.45) is 2.81. The molecule has 2 unspecified atom stereocenters. The molecule has 1 aromatic carbocycles. The number of aromatic nitrogens is 3. The number of hydrogen-bond donors (Lipinski definition) is 2. The molecule has 2 aromatic heterocycles. The predicted octanol–water partition coefficient (Wildman–Crippen LogP) is 2.43. The lowest BCUT2D eigenvalue weighted by Crippen LogP contribution is -2.49. The van der Waals surface area contributed by atoms with Crippen LogP contribution in [0.1, 0.15) is 6.92 Å². The van der Waals surface area contributed by atoms with Crippen molar-refractivity contribution in [1.82, 2.24) is 29.7 Å². The van der Waals surface area contributed by atoms with E-state index in [0.717, 1.165) is 0 Å². The Balaban J connectivity index is 1.53. The van der Waals surface area contributed by atoms with Crippen LogP contribution in [-0.2, 0) is 20.9 Å². The third kappa shape index (κ3) is 7.31. The first kappa shape index (κ1) is 34.0. The first-order valence-electron chi connectivity index (χ1n) is 14.9. The van der Waals surface area contributed by atoms with Crippen molar-refractivity contribution in [2.45, 2.75) is 25.6 Å². The highest BCUT2D eigenvalue weighted by molar-refractivity contribution is 6.41. The minimum absolute atomic E-state index is 0.158. The minimum atomic E-state index is -0.381. The molecule has 13 nitrogen and oxygen atoms in total. The van der Waals surface area contributed by atoms with Crippen molar-refractivity contribution in [1.29, 1.82) is 0 Å². The normalized spacial score (nSPS) is 17.9. The minimum Gasteiger partial charge on any atom is -0.495 e. The summed E-state index contributed by atoms with van der Waals surface area (Å²) in [6.45, 7) is 8.85. The first-order chi connectivity index (χ1) is 22.7. The smallest absolute Gasteiger partial charge is 0.298 e. The molecular formula is C32H35Cl2N7O6. The van der Waals surface area contributed by atoms with E-state index in [-0.39, 0.29) is 63.1 Å². The fourth-order valence-corrected chi connectivity index (χ4v) is 6.29. The van der Waals surface area contributed by atoms with Crippen molar-refractivity contribution in [2.24, 2.45) is 0 Å². The highest BCUT2D eigenvalue weighted by Crippen LogP contribution is 2.45. The predicted molar refractivity (Wildman–Crippen MR) is 179 cm³/mol. The van der Waals surface area contributed by atoms with Crippen molar-refractivity contribution in [3.05, 3.63) is 51.4 Å². The van der Waals surface area contributed by atoms with E-state index in [9.17, 15) is 14.4 Å². The van der Waals surface area contributed by atoms with Crippen molar-refractivity contribution in [2.75, 3.05) is 65.5 Å².